The maximum absolute atomic E-state index is 11.1. The van der Waals surface area contributed by atoms with Gasteiger partial charge in [0.1, 0.15) is 6.10 Å². The summed E-state index contributed by atoms with van der Waals surface area (Å²) in [5, 5.41) is 11.0. The van der Waals surface area contributed by atoms with Crippen LogP contribution in [0.1, 0.15) is 37.6 Å². The normalized spacial score (nSPS) is 17.3. The lowest BCUT2D eigenvalue weighted by Gasteiger charge is -2.12. The van der Waals surface area contributed by atoms with E-state index in [-0.39, 0.29) is 18.3 Å². The van der Waals surface area contributed by atoms with Gasteiger partial charge >= 0.3 is 5.97 Å². The van der Waals surface area contributed by atoms with Crippen LogP contribution in [0.3, 0.4) is 0 Å². The molecule has 0 N–H and O–H groups in total. The minimum absolute atomic E-state index is 0.0281. The van der Waals surface area contributed by atoms with Crippen molar-refractivity contribution in [1.29, 1.82) is 0 Å². The molecule has 7 nitrogen and oxygen atoms in total. The van der Waals surface area contributed by atoms with Crippen molar-refractivity contribution in [2.24, 2.45) is 0 Å². The number of fused-ring (bicyclic) bond motifs is 1. The summed E-state index contributed by atoms with van der Waals surface area (Å²) in [4.78, 5) is 21.7. The van der Waals surface area contributed by atoms with E-state index in [4.69, 9.17) is 9.47 Å². The van der Waals surface area contributed by atoms with Crippen LogP contribution in [0.4, 0.5) is 5.69 Å². The number of rotatable bonds is 5. The Labute approximate surface area is 110 Å². The highest BCUT2D eigenvalue weighted by molar-refractivity contribution is 5.66. The highest BCUT2D eigenvalue weighted by atomic mass is 16.6. The van der Waals surface area contributed by atoms with Crippen LogP contribution >= 0.6 is 0 Å². The van der Waals surface area contributed by atoms with Crippen LogP contribution in [0.25, 0.3) is 0 Å². The third kappa shape index (κ3) is 2.60. The van der Waals surface area contributed by atoms with E-state index >= 15 is 0 Å². The number of nitrogens with zero attached hydrogens (tertiary/aromatic N) is 2. The van der Waals surface area contributed by atoms with Gasteiger partial charge in [-0.25, -0.2) is 0 Å². The van der Waals surface area contributed by atoms with E-state index in [0.29, 0.717) is 30.8 Å². The largest absolute Gasteiger partial charge is 0.456 e. The van der Waals surface area contributed by atoms with E-state index < -0.39 is 11.0 Å². The zero-order chi connectivity index (χ0) is 14.0. The summed E-state index contributed by atoms with van der Waals surface area (Å²) < 4.78 is 12.3. The number of hydrogen-bond donors (Lipinski definition) is 0. The van der Waals surface area contributed by atoms with Gasteiger partial charge in [0.25, 0.3) is 5.69 Å². The number of carbonyl (C=O) groups is 1. The van der Waals surface area contributed by atoms with E-state index in [2.05, 4.69) is 0 Å². The molecular formula is C12H16N2O5. The molecule has 7 heteroatoms. The van der Waals surface area contributed by atoms with Gasteiger partial charge in [0, 0.05) is 26.5 Å². The standard InChI is InChI=1S/C12H16N2O5/c1-3-18-7-9-10(14(16)17)6-13-5-4-11(12(9)13)19-8(2)15/h6,11H,3-5,7H2,1-2H3. The first-order valence-corrected chi connectivity index (χ1v) is 6.15. The van der Waals surface area contributed by atoms with E-state index in [1.165, 1.54) is 13.1 Å². The van der Waals surface area contributed by atoms with Gasteiger partial charge in [-0.2, -0.15) is 0 Å². The number of nitro groups is 1. The fourth-order valence-corrected chi connectivity index (χ4v) is 2.38. The zero-order valence-corrected chi connectivity index (χ0v) is 10.9. The van der Waals surface area contributed by atoms with E-state index in [0.717, 1.165) is 0 Å². The monoisotopic (exact) mass is 268 g/mol. The lowest BCUT2D eigenvalue weighted by molar-refractivity contribution is -0.385. The molecule has 1 aliphatic heterocycles. The highest BCUT2D eigenvalue weighted by Gasteiger charge is 2.34. The van der Waals surface area contributed by atoms with E-state index in [1.54, 1.807) is 4.57 Å². The fourth-order valence-electron chi connectivity index (χ4n) is 2.38. The predicted molar refractivity (Wildman–Crippen MR) is 65.5 cm³/mol. The smallest absolute Gasteiger partial charge is 0.303 e. The van der Waals surface area contributed by atoms with Crippen molar-refractivity contribution < 1.29 is 19.2 Å². The van der Waals surface area contributed by atoms with Gasteiger partial charge < -0.3 is 14.0 Å². The second-order valence-electron chi connectivity index (χ2n) is 4.35. The number of ether oxygens (including phenoxy) is 2. The van der Waals surface area contributed by atoms with Gasteiger partial charge in [0.15, 0.2) is 0 Å². The van der Waals surface area contributed by atoms with Gasteiger partial charge in [0.05, 0.1) is 29.0 Å². The molecule has 0 aliphatic carbocycles. The molecule has 0 bridgehead atoms. The second-order valence-corrected chi connectivity index (χ2v) is 4.35. The Morgan fingerprint density at radius 2 is 2.37 bits per heavy atom. The summed E-state index contributed by atoms with van der Waals surface area (Å²) in [5.41, 5.74) is 1.23. The van der Waals surface area contributed by atoms with Crippen LogP contribution in [0.2, 0.25) is 0 Å². The minimum Gasteiger partial charge on any atom is -0.456 e. The third-order valence-electron chi connectivity index (χ3n) is 3.10. The number of aryl methyl sites for hydroxylation is 1. The lowest BCUT2D eigenvalue weighted by atomic mass is 10.1. The molecule has 0 amide bonds. The van der Waals surface area contributed by atoms with Gasteiger partial charge in [-0.05, 0) is 6.92 Å². The van der Waals surface area contributed by atoms with Crippen molar-refractivity contribution in [1.82, 2.24) is 4.57 Å². The van der Waals surface area contributed by atoms with Crippen LogP contribution in [0.15, 0.2) is 6.20 Å². The van der Waals surface area contributed by atoms with Gasteiger partial charge in [-0.1, -0.05) is 0 Å². The van der Waals surface area contributed by atoms with Crippen LogP contribution in [0.5, 0.6) is 0 Å². The molecule has 2 heterocycles. The molecule has 0 spiro atoms. The topological polar surface area (TPSA) is 83.6 Å². The van der Waals surface area contributed by atoms with Crippen molar-refractivity contribution in [3.05, 3.63) is 27.6 Å². The molecule has 1 aliphatic rings. The zero-order valence-electron chi connectivity index (χ0n) is 10.9. The summed E-state index contributed by atoms with van der Waals surface area (Å²) in [6.45, 7) is 4.40. The average molecular weight is 268 g/mol. The predicted octanol–water partition coefficient (Wildman–Crippen LogP) is 1.94. The maximum Gasteiger partial charge on any atom is 0.303 e. The first kappa shape index (κ1) is 13.5. The molecule has 2 rings (SSSR count). The number of esters is 1. The molecule has 1 atom stereocenters. The van der Waals surface area contributed by atoms with Crippen molar-refractivity contribution in [2.45, 2.75) is 39.5 Å². The quantitative estimate of drug-likeness (QED) is 0.463. The Kier molecular flexibility index (Phi) is 3.84. The molecule has 0 fully saturated rings. The molecule has 0 saturated heterocycles. The summed E-state index contributed by atoms with van der Waals surface area (Å²) in [6.07, 6.45) is 1.72. The molecule has 0 saturated carbocycles. The van der Waals surface area contributed by atoms with Crippen LogP contribution in [-0.4, -0.2) is 22.1 Å². The van der Waals surface area contributed by atoms with Gasteiger partial charge in [-0.3, -0.25) is 14.9 Å². The van der Waals surface area contributed by atoms with Crippen molar-refractivity contribution in [3.8, 4) is 0 Å². The molecule has 0 radical (unpaired) electrons. The fraction of sp³-hybridized carbons (Fsp3) is 0.583. The molecule has 0 aromatic carbocycles. The first-order valence-electron chi connectivity index (χ1n) is 6.15. The van der Waals surface area contributed by atoms with Crippen LogP contribution in [0, 0.1) is 10.1 Å². The SMILES string of the molecule is CCOCc1c([N+](=O)[O-])cn2c1C(OC(C)=O)CC2. The maximum atomic E-state index is 11.1. The average Bonchev–Trinajstić information content (AvgIpc) is 2.86. The van der Waals surface area contributed by atoms with Crippen molar-refractivity contribution >= 4 is 11.7 Å². The summed E-state index contributed by atoms with van der Waals surface area (Å²) in [6, 6.07) is 0. The Balaban J connectivity index is 2.37. The van der Waals surface area contributed by atoms with Crippen molar-refractivity contribution in [2.75, 3.05) is 6.61 Å². The summed E-state index contributed by atoms with van der Waals surface area (Å²) >= 11 is 0. The number of carbonyl (C=O) groups excluding carboxylic acids is 1. The molecule has 1 aromatic rings. The van der Waals surface area contributed by atoms with E-state index in [9.17, 15) is 14.9 Å². The van der Waals surface area contributed by atoms with Gasteiger partial charge in [0.2, 0.25) is 0 Å². The Morgan fingerprint density at radius 3 is 2.95 bits per heavy atom. The highest BCUT2D eigenvalue weighted by Crippen LogP contribution is 2.38. The molecule has 104 valence electrons. The van der Waals surface area contributed by atoms with Crippen LogP contribution in [-0.2, 0) is 27.4 Å². The third-order valence-corrected chi connectivity index (χ3v) is 3.10. The number of hydrogen-bond acceptors (Lipinski definition) is 5. The molecule has 1 aromatic heterocycles. The second kappa shape index (κ2) is 5.40. The minimum atomic E-state index is -0.426. The molecular weight excluding hydrogens is 252 g/mol. The van der Waals surface area contributed by atoms with Gasteiger partial charge in [-0.15, -0.1) is 0 Å². The summed E-state index contributed by atoms with van der Waals surface area (Å²) in [7, 11) is 0. The summed E-state index contributed by atoms with van der Waals surface area (Å²) in [5.74, 6) is -0.385. The lowest BCUT2D eigenvalue weighted by Crippen LogP contribution is -2.08. The number of aromatic nitrogens is 1. The van der Waals surface area contributed by atoms with Crippen molar-refractivity contribution in [3.63, 3.8) is 0 Å². The molecule has 1 unspecified atom stereocenters. The van der Waals surface area contributed by atoms with E-state index in [1.807, 2.05) is 6.92 Å². The van der Waals surface area contributed by atoms with Crippen LogP contribution < -0.4 is 0 Å². The first-order chi connectivity index (χ1) is 9.04. The Bertz CT molecular complexity index is 508. The Hall–Kier alpha value is -1.89. The Morgan fingerprint density at radius 1 is 1.63 bits per heavy atom. The molecule has 19 heavy (non-hydrogen) atoms.